The van der Waals surface area contributed by atoms with E-state index >= 15 is 0 Å². The first-order valence-corrected chi connectivity index (χ1v) is 6.07. The minimum Gasteiger partial charge on any atom is -0.497 e. The number of ether oxygens (including phenoxy) is 1. The number of ketones is 1. The maximum Gasteiger partial charge on any atom is 0.240 e. The molecule has 0 atom stereocenters. The number of nitrogens with one attached hydrogen (secondary N) is 1. The van der Waals surface area contributed by atoms with Crippen LogP contribution in [0.25, 0.3) is 0 Å². The molecule has 0 spiro atoms. The molecule has 0 aromatic heterocycles. The van der Waals surface area contributed by atoms with Gasteiger partial charge < -0.3 is 4.74 Å². The summed E-state index contributed by atoms with van der Waals surface area (Å²) >= 11 is 0. The van der Waals surface area contributed by atoms with Crippen molar-refractivity contribution in [1.82, 2.24) is 4.72 Å². The second-order valence-electron chi connectivity index (χ2n) is 3.20. The second-order valence-corrected chi connectivity index (χ2v) is 4.97. The minimum atomic E-state index is -3.61. The van der Waals surface area contributed by atoms with Crippen molar-refractivity contribution in [3.8, 4) is 5.75 Å². The first kappa shape index (κ1) is 12.7. The fraction of sp³-hybridized carbons (Fsp3) is 0.300. The lowest BCUT2D eigenvalue weighted by atomic mass is 10.3. The average Bonchev–Trinajstić information content (AvgIpc) is 2.27. The molecule has 16 heavy (non-hydrogen) atoms. The molecule has 0 aliphatic heterocycles. The van der Waals surface area contributed by atoms with Gasteiger partial charge in [0.25, 0.3) is 0 Å². The van der Waals surface area contributed by atoms with E-state index in [1.165, 1.54) is 26.2 Å². The summed E-state index contributed by atoms with van der Waals surface area (Å²) in [6.07, 6.45) is 0. The number of Topliss-reactive ketones (excluding diaryl/α,β-unsaturated/α-hetero) is 1. The molecule has 1 aromatic carbocycles. The van der Waals surface area contributed by atoms with Crippen LogP contribution in [0.3, 0.4) is 0 Å². The van der Waals surface area contributed by atoms with Crippen molar-refractivity contribution in [3.63, 3.8) is 0 Å². The Kier molecular flexibility index (Phi) is 4.03. The monoisotopic (exact) mass is 243 g/mol. The van der Waals surface area contributed by atoms with Gasteiger partial charge in [-0.3, -0.25) is 4.79 Å². The fourth-order valence-electron chi connectivity index (χ4n) is 1.03. The van der Waals surface area contributed by atoms with Crippen molar-refractivity contribution in [1.29, 1.82) is 0 Å². The van der Waals surface area contributed by atoms with E-state index in [1.54, 1.807) is 12.1 Å². The van der Waals surface area contributed by atoms with E-state index in [0.29, 0.717) is 5.75 Å². The van der Waals surface area contributed by atoms with Gasteiger partial charge >= 0.3 is 0 Å². The molecule has 0 heterocycles. The van der Waals surface area contributed by atoms with Gasteiger partial charge in [0.05, 0.1) is 18.6 Å². The van der Waals surface area contributed by atoms with Crippen LogP contribution in [0.1, 0.15) is 6.92 Å². The Bertz CT molecular complexity index is 464. The molecule has 0 saturated carbocycles. The number of benzene rings is 1. The highest BCUT2D eigenvalue weighted by atomic mass is 32.2. The van der Waals surface area contributed by atoms with Gasteiger partial charge in [0.1, 0.15) is 11.5 Å². The van der Waals surface area contributed by atoms with E-state index in [9.17, 15) is 13.2 Å². The molecule has 1 N–H and O–H groups in total. The first-order chi connectivity index (χ1) is 7.45. The van der Waals surface area contributed by atoms with Gasteiger partial charge in [-0.15, -0.1) is 0 Å². The molecule has 0 bridgehead atoms. The molecule has 0 fully saturated rings. The van der Waals surface area contributed by atoms with Crippen LogP contribution in [-0.4, -0.2) is 27.9 Å². The van der Waals surface area contributed by atoms with Crippen molar-refractivity contribution in [2.45, 2.75) is 11.8 Å². The summed E-state index contributed by atoms with van der Waals surface area (Å²) in [5, 5.41) is 0. The van der Waals surface area contributed by atoms with Gasteiger partial charge in [0, 0.05) is 0 Å². The first-order valence-electron chi connectivity index (χ1n) is 4.59. The normalized spacial score (nSPS) is 11.1. The van der Waals surface area contributed by atoms with E-state index in [4.69, 9.17) is 4.74 Å². The predicted octanol–water partition coefficient (Wildman–Crippen LogP) is 0.562. The van der Waals surface area contributed by atoms with Gasteiger partial charge in [0.15, 0.2) is 0 Å². The zero-order valence-corrected chi connectivity index (χ0v) is 9.87. The highest BCUT2D eigenvalue weighted by Gasteiger charge is 2.13. The lowest BCUT2D eigenvalue weighted by molar-refractivity contribution is -0.115. The van der Waals surface area contributed by atoms with Crippen molar-refractivity contribution < 1.29 is 17.9 Å². The van der Waals surface area contributed by atoms with E-state index in [2.05, 4.69) is 4.72 Å². The summed E-state index contributed by atoms with van der Waals surface area (Å²) in [5.41, 5.74) is 0. The molecule has 6 heteroatoms. The number of methoxy groups -OCH3 is 1. The number of hydrogen-bond acceptors (Lipinski definition) is 4. The van der Waals surface area contributed by atoms with Crippen LogP contribution in [0, 0.1) is 0 Å². The third-order valence-electron chi connectivity index (χ3n) is 1.88. The molecule has 0 radical (unpaired) electrons. The topological polar surface area (TPSA) is 72.5 Å². The van der Waals surface area contributed by atoms with Crippen molar-refractivity contribution in [3.05, 3.63) is 24.3 Å². The van der Waals surface area contributed by atoms with Crippen molar-refractivity contribution in [2.75, 3.05) is 13.7 Å². The Labute approximate surface area is 94.5 Å². The van der Waals surface area contributed by atoms with Gasteiger partial charge in [-0.2, -0.15) is 0 Å². The molecule has 1 rings (SSSR count). The third kappa shape index (κ3) is 3.32. The van der Waals surface area contributed by atoms with Crippen LogP contribution in [0.15, 0.2) is 29.2 Å². The smallest absolute Gasteiger partial charge is 0.240 e. The SMILES string of the molecule is COc1ccc(S(=O)(=O)NCC(C)=O)cc1. The molecular weight excluding hydrogens is 230 g/mol. The predicted molar refractivity (Wildman–Crippen MR) is 58.9 cm³/mol. The molecule has 0 unspecified atom stereocenters. The Hall–Kier alpha value is -1.40. The number of carbonyl (C=O) groups is 1. The molecule has 1 aromatic rings. The Morgan fingerprint density at radius 3 is 2.31 bits per heavy atom. The molecule has 88 valence electrons. The maximum absolute atomic E-state index is 11.6. The molecular formula is C10H13NO4S. The Morgan fingerprint density at radius 1 is 1.31 bits per heavy atom. The second kappa shape index (κ2) is 5.09. The number of rotatable bonds is 5. The average molecular weight is 243 g/mol. The van der Waals surface area contributed by atoms with E-state index in [0.717, 1.165) is 0 Å². The zero-order chi connectivity index (χ0) is 12.2. The van der Waals surface area contributed by atoms with Gasteiger partial charge in [0.2, 0.25) is 10.0 Å². The molecule has 0 aliphatic rings. The minimum absolute atomic E-state index is 0.106. The fourth-order valence-corrected chi connectivity index (χ4v) is 2.09. The summed E-state index contributed by atoms with van der Waals surface area (Å²) in [6, 6.07) is 5.92. The number of carbonyl (C=O) groups excluding carboxylic acids is 1. The quantitative estimate of drug-likeness (QED) is 0.820. The van der Waals surface area contributed by atoms with E-state index in [1.807, 2.05) is 0 Å². The van der Waals surface area contributed by atoms with Crippen LogP contribution >= 0.6 is 0 Å². The van der Waals surface area contributed by atoms with Crippen molar-refractivity contribution >= 4 is 15.8 Å². The van der Waals surface area contributed by atoms with Crippen LogP contribution in [-0.2, 0) is 14.8 Å². The largest absolute Gasteiger partial charge is 0.497 e. The standard InChI is InChI=1S/C10H13NO4S/c1-8(12)7-11-16(13,14)10-5-3-9(15-2)4-6-10/h3-6,11H,7H2,1-2H3. The molecule has 5 nitrogen and oxygen atoms in total. The van der Waals surface area contributed by atoms with Crippen LogP contribution in [0.4, 0.5) is 0 Å². The zero-order valence-electron chi connectivity index (χ0n) is 9.06. The van der Waals surface area contributed by atoms with Gasteiger partial charge in [-0.05, 0) is 31.2 Å². The van der Waals surface area contributed by atoms with Gasteiger partial charge in [-0.1, -0.05) is 0 Å². The lowest BCUT2D eigenvalue weighted by Crippen LogP contribution is -2.28. The summed E-state index contributed by atoms with van der Waals surface area (Å²) < 4.78 is 30.4. The Morgan fingerprint density at radius 2 is 1.88 bits per heavy atom. The molecule has 0 saturated heterocycles. The number of sulfonamides is 1. The highest BCUT2D eigenvalue weighted by molar-refractivity contribution is 7.89. The Balaban J connectivity index is 2.85. The summed E-state index contributed by atoms with van der Waals surface area (Å²) in [6.45, 7) is 1.12. The van der Waals surface area contributed by atoms with Crippen LogP contribution < -0.4 is 9.46 Å². The van der Waals surface area contributed by atoms with E-state index in [-0.39, 0.29) is 17.2 Å². The summed E-state index contributed by atoms with van der Waals surface area (Å²) in [7, 11) is -2.11. The van der Waals surface area contributed by atoms with E-state index < -0.39 is 10.0 Å². The maximum atomic E-state index is 11.6. The summed E-state index contributed by atoms with van der Waals surface area (Å²) in [4.78, 5) is 10.8. The number of hydrogen-bond donors (Lipinski definition) is 1. The van der Waals surface area contributed by atoms with Crippen molar-refractivity contribution in [2.24, 2.45) is 0 Å². The van der Waals surface area contributed by atoms with Crippen LogP contribution in [0.5, 0.6) is 5.75 Å². The van der Waals surface area contributed by atoms with Crippen LogP contribution in [0.2, 0.25) is 0 Å². The molecule has 0 amide bonds. The molecule has 0 aliphatic carbocycles. The third-order valence-corrected chi connectivity index (χ3v) is 3.30. The lowest BCUT2D eigenvalue weighted by Gasteiger charge is -2.05. The highest BCUT2D eigenvalue weighted by Crippen LogP contribution is 2.14. The van der Waals surface area contributed by atoms with Gasteiger partial charge in [-0.25, -0.2) is 13.1 Å². The summed E-state index contributed by atoms with van der Waals surface area (Å²) in [5.74, 6) is 0.336.